The summed E-state index contributed by atoms with van der Waals surface area (Å²) >= 11 is 0. The molecule has 2 saturated heterocycles. The number of nitrogens with zero attached hydrogens (tertiary/aromatic N) is 2. The van der Waals surface area contributed by atoms with Gasteiger partial charge in [0, 0.05) is 19.1 Å². The first-order chi connectivity index (χ1) is 9.33. The minimum atomic E-state index is 0.647. The summed E-state index contributed by atoms with van der Waals surface area (Å²) in [6.45, 7) is 8.82. The largest absolute Gasteiger partial charge is 0.301 e. The van der Waals surface area contributed by atoms with Gasteiger partial charge in [0.25, 0.3) is 0 Å². The molecule has 104 valence electrons. The third kappa shape index (κ3) is 3.18. The van der Waals surface area contributed by atoms with Crippen molar-refractivity contribution in [3.05, 3.63) is 35.9 Å². The van der Waals surface area contributed by atoms with E-state index in [2.05, 4.69) is 47.1 Å². The minimum Gasteiger partial charge on any atom is -0.301 e. The van der Waals surface area contributed by atoms with Gasteiger partial charge in [-0.2, -0.15) is 0 Å². The zero-order valence-electron chi connectivity index (χ0n) is 12.1. The average Bonchev–Trinajstić information content (AvgIpc) is 2.79. The first-order valence-electron chi connectivity index (χ1n) is 7.84. The summed E-state index contributed by atoms with van der Waals surface area (Å²) in [4.78, 5) is 5.42. The Balaban J connectivity index is 1.60. The molecular formula is C17H26N2. The molecule has 0 aliphatic carbocycles. The monoisotopic (exact) mass is 258 g/mol. The topological polar surface area (TPSA) is 6.48 Å². The highest BCUT2D eigenvalue weighted by Crippen LogP contribution is 2.23. The Kier molecular flexibility index (Phi) is 4.19. The van der Waals surface area contributed by atoms with Crippen LogP contribution >= 0.6 is 0 Å². The zero-order chi connectivity index (χ0) is 13.1. The lowest BCUT2D eigenvalue weighted by atomic mass is 10.0. The molecule has 2 aliphatic heterocycles. The van der Waals surface area contributed by atoms with Gasteiger partial charge >= 0.3 is 0 Å². The maximum atomic E-state index is 2.72. The molecule has 0 spiro atoms. The molecule has 0 N–H and O–H groups in total. The molecule has 0 saturated carbocycles. The molecule has 1 aromatic carbocycles. The van der Waals surface area contributed by atoms with E-state index in [1.54, 1.807) is 0 Å². The Morgan fingerprint density at radius 3 is 2.74 bits per heavy atom. The summed E-state index contributed by atoms with van der Waals surface area (Å²) in [7, 11) is 0. The van der Waals surface area contributed by atoms with Crippen molar-refractivity contribution < 1.29 is 0 Å². The molecular weight excluding hydrogens is 232 g/mol. The van der Waals surface area contributed by atoms with Crippen molar-refractivity contribution in [2.45, 2.75) is 38.1 Å². The molecule has 2 heteroatoms. The quantitative estimate of drug-likeness (QED) is 0.822. The van der Waals surface area contributed by atoms with E-state index in [0.29, 0.717) is 5.92 Å². The molecule has 2 aliphatic rings. The van der Waals surface area contributed by atoms with Crippen LogP contribution in [0.4, 0.5) is 0 Å². The van der Waals surface area contributed by atoms with Crippen LogP contribution in [0.15, 0.2) is 30.3 Å². The Morgan fingerprint density at radius 2 is 1.89 bits per heavy atom. The number of hydrogen-bond donors (Lipinski definition) is 0. The van der Waals surface area contributed by atoms with Gasteiger partial charge in [0.05, 0.1) is 0 Å². The maximum absolute atomic E-state index is 2.72. The fourth-order valence-electron chi connectivity index (χ4n) is 3.72. The van der Waals surface area contributed by atoms with E-state index >= 15 is 0 Å². The molecule has 2 heterocycles. The fraction of sp³-hybridized carbons (Fsp3) is 0.647. The van der Waals surface area contributed by atoms with E-state index < -0.39 is 0 Å². The highest BCUT2D eigenvalue weighted by Gasteiger charge is 2.29. The SMILES string of the molecule is C[C@H](CN1CCCN2CCC[C@H]2C1)c1ccccc1. The van der Waals surface area contributed by atoms with Crippen molar-refractivity contribution in [2.24, 2.45) is 0 Å². The zero-order valence-corrected chi connectivity index (χ0v) is 12.1. The highest BCUT2D eigenvalue weighted by molar-refractivity contribution is 5.19. The van der Waals surface area contributed by atoms with Crippen LogP contribution in [0.2, 0.25) is 0 Å². The number of fused-ring (bicyclic) bond motifs is 1. The molecule has 2 nitrogen and oxygen atoms in total. The summed E-state index contributed by atoms with van der Waals surface area (Å²) in [5.41, 5.74) is 1.48. The van der Waals surface area contributed by atoms with Crippen molar-refractivity contribution in [1.29, 1.82) is 0 Å². The molecule has 0 amide bonds. The van der Waals surface area contributed by atoms with Gasteiger partial charge in [-0.05, 0) is 50.4 Å². The molecule has 19 heavy (non-hydrogen) atoms. The van der Waals surface area contributed by atoms with Crippen molar-refractivity contribution >= 4 is 0 Å². The Bertz CT molecular complexity index is 390. The van der Waals surface area contributed by atoms with Crippen LogP contribution < -0.4 is 0 Å². The molecule has 1 aromatic rings. The van der Waals surface area contributed by atoms with Crippen LogP contribution in [0, 0.1) is 0 Å². The lowest BCUT2D eigenvalue weighted by Gasteiger charge is -2.27. The predicted octanol–water partition coefficient (Wildman–Crippen LogP) is 2.96. The first-order valence-corrected chi connectivity index (χ1v) is 7.84. The third-order valence-electron chi connectivity index (χ3n) is 4.79. The van der Waals surface area contributed by atoms with Gasteiger partial charge in [0.1, 0.15) is 0 Å². The lowest BCUT2D eigenvalue weighted by molar-refractivity contribution is 0.214. The molecule has 0 aromatic heterocycles. The summed E-state index contributed by atoms with van der Waals surface area (Å²) in [6.07, 6.45) is 4.17. The number of hydrogen-bond acceptors (Lipinski definition) is 2. The predicted molar refractivity (Wildman–Crippen MR) is 80.5 cm³/mol. The van der Waals surface area contributed by atoms with Crippen LogP contribution in [-0.2, 0) is 0 Å². The summed E-state index contributed by atoms with van der Waals surface area (Å²) in [5, 5.41) is 0. The fourth-order valence-corrected chi connectivity index (χ4v) is 3.72. The maximum Gasteiger partial charge on any atom is 0.0223 e. The Labute approximate surface area is 117 Å². The molecule has 0 unspecified atom stereocenters. The van der Waals surface area contributed by atoms with Gasteiger partial charge in [-0.3, -0.25) is 4.90 Å². The van der Waals surface area contributed by atoms with E-state index in [9.17, 15) is 0 Å². The number of benzene rings is 1. The van der Waals surface area contributed by atoms with Crippen molar-refractivity contribution in [2.75, 3.05) is 32.7 Å². The highest BCUT2D eigenvalue weighted by atomic mass is 15.3. The standard InChI is InChI=1S/C17H26N2/c1-15(16-7-3-2-4-8-16)13-18-10-6-12-19-11-5-9-17(19)14-18/h2-4,7-8,15,17H,5-6,9-14H2,1H3/t15-,17+/m1/s1. The van der Waals surface area contributed by atoms with Gasteiger partial charge in [0.2, 0.25) is 0 Å². The van der Waals surface area contributed by atoms with E-state index in [-0.39, 0.29) is 0 Å². The van der Waals surface area contributed by atoms with Gasteiger partial charge < -0.3 is 4.90 Å². The summed E-state index contributed by atoms with van der Waals surface area (Å²) in [5.74, 6) is 0.647. The normalized spacial score (nSPS) is 26.9. The lowest BCUT2D eigenvalue weighted by Crippen LogP contribution is -2.38. The third-order valence-corrected chi connectivity index (χ3v) is 4.79. The molecule has 3 rings (SSSR count). The minimum absolute atomic E-state index is 0.647. The van der Waals surface area contributed by atoms with E-state index in [4.69, 9.17) is 0 Å². The summed E-state index contributed by atoms with van der Waals surface area (Å²) < 4.78 is 0. The van der Waals surface area contributed by atoms with Crippen LogP contribution in [-0.4, -0.2) is 48.6 Å². The van der Waals surface area contributed by atoms with Crippen molar-refractivity contribution in [3.63, 3.8) is 0 Å². The Morgan fingerprint density at radius 1 is 1.11 bits per heavy atom. The number of rotatable bonds is 3. The van der Waals surface area contributed by atoms with Crippen LogP contribution in [0.1, 0.15) is 37.7 Å². The van der Waals surface area contributed by atoms with Crippen LogP contribution in [0.3, 0.4) is 0 Å². The van der Waals surface area contributed by atoms with E-state index in [1.807, 2.05) is 0 Å². The van der Waals surface area contributed by atoms with Crippen molar-refractivity contribution in [1.82, 2.24) is 9.80 Å². The van der Waals surface area contributed by atoms with Gasteiger partial charge in [-0.1, -0.05) is 37.3 Å². The van der Waals surface area contributed by atoms with E-state index in [0.717, 1.165) is 6.04 Å². The smallest absolute Gasteiger partial charge is 0.0223 e. The van der Waals surface area contributed by atoms with Crippen molar-refractivity contribution in [3.8, 4) is 0 Å². The second-order valence-corrected chi connectivity index (χ2v) is 6.26. The molecule has 0 bridgehead atoms. The first kappa shape index (κ1) is 13.1. The Hall–Kier alpha value is -0.860. The van der Waals surface area contributed by atoms with Crippen LogP contribution in [0.5, 0.6) is 0 Å². The van der Waals surface area contributed by atoms with Gasteiger partial charge in [0.15, 0.2) is 0 Å². The molecule has 0 radical (unpaired) electrons. The second-order valence-electron chi connectivity index (χ2n) is 6.26. The van der Waals surface area contributed by atoms with Gasteiger partial charge in [-0.25, -0.2) is 0 Å². The van der Waals surface area contributed by atoms with Gasteiger partial charge in [-0.15, -0.1) is 0 Å². The van der Waals surface area contributed by atoms with E-state index in [1.165, 1.54) is 57.5 Å². The molecule has 2 fully saturated rings. The summed E-state index contributed by atoms with van der Waals surface area (Å²) in [6, 6.07) is 11.8. The molecule has 2 atom stereocenters. The average molecular weight is 258 g/mol. The second kappa shape index (κ2) is 6.06. The van der Waals surface area contributed by atoms with Crippen LogP contribution in [0.25, 0.3) is 0 Å².